The van der Waals surface area contributed by atoms with Crippen molar-refractivity contribution in [2.75, 3.05) is 7.11 Å². The van der Waals surface area contributed by atoms with Crippen LogP contribution < -0.4 is 9.47 Å². The van der Waals surface area contributed by atoms with E-state index in [4.69, 9.17) is 21.1 Å². The van der Waals surface area contributed by atoms with Gasteiger partial charge in [0, 0.05) is 16.1 Å². The molecule has 6 nitrogen and oxygen atoms in total. The van der Waals surface area contributed by atoms with Crippen LogP contribution in [0.3, 0.4) is 0 Å². The molecule has 0 spiro atoms. The lowest BCUT2D eigenvalue weighted by Crippen LogP contribution is -2.28. The van der Waals surface area contributed by atoms with E-state index < -0.39 is 0 Å². The summed E-state index contributed by atoms with van der Waals surface area (Å²) in [4.78, 5) is 25.8. The number of ether oxygens (including phenoxy) is 2. The van der Waals surface area contributed by atoms with Gasteiger partial charge in [-0.2, -0.15) is 10.1 Å². The van der Waals surface area contributed by atoms with E-state index in [1.165, 1.54) is 6.21 Å². The Morgan fingerprint density at radius 3 is 2.47 bits per heavy atom. The van der Waals surface area contributed by atoms with E-state index >= 15 is 0 Å². The molecular weight excluding hydrogens is 452 g/mol. The van der Waals surface area contributed by atoms with Crippen LogP contribution in [0, 0.1) is 23.7 Å². The van der Waals surface area contributed by atoms with Crippen molar-refractivity contribution in [3.63, 3.8) is 0 Å². The molecule has 3 aliphatic rings. The molecule has 2 aromatic carbocycles. The number of imide groups is 1. The lowest BCUT2D eigenvalue weighted by atomic mass is 9.85. The Bertz CT molecular complexity index is 1190. The summed E-state index contributed by atoms with van der Waals surface area (Å²) in [7, 11) is 1.56. The SMILES string of the molecule is C=CCc1cc(C=NN2C(=O)C3C4C=CC(C4)C3C2=O)cc(OC)c1OCc1ccccc1Cl. The maximum absolute atomic E-state index is 12.9. The number of hydrazone groups is 1. The average Bonchev–Trinajstić information content (AvgIpc) is 3.52. The Labute approximate surface area is 203 Å². The molecule has 4 unspecified atom stereocenters. The molecule has 2 aliphatic carbocycles. The highest BCUT2D eigenvalue weighted by Gasteiger charge is 2.59. The fourth-order valence-electron chi connectivity index (χ4n) is 5.27. The summed E-state index contributed by atoms with van der Waals surface area (Å²) in [6.07, 6.45) is 8.86. The van der Waals surface area contributed by atoms with Crippen molar-refractivity contribution < 1.29 is 19.1 Å². The number of halogens is 1. The first kappa shape index (κ1) is 22.4. The number of hydrogen-bond donors (Lipinski definition) is 0. The zero-order valence-corrected chi connectivity index (χ0v) is 19.6. The second-order valence-electron chi connectivity index (χ2n) is 8.82. The first-order valence-corrected chi connectivity index (χ1v) is 11.7. The number of amides is 2. The predicted octanol–water partition coefficient (Wildman–Crippen LogP) is 4.80. The maximum Gasteiger partial charge on any atom is 0.254 e. The Kier molecular flexibility index (Phi) is 6.00. The Hall–Kier alpha value is -3.38. The van der Waals surface area contributed by atoms with Crippen LogP contribution >= 0.6 is 11.6 Å². The van der Waals surface area contributed by atoms with Crippen LogP contribution in [0.4, 0.5) is 0 Å². The molecule has 7 heteroatoms. The number of fused-ring (bicyclic) bond motifs is 5. The molecule has 1 saturated heterocycles. The van der Waals surface area contributed by atoms with Gasteiger partial charge in [-0.15, -0.1) is 6.58 Å². The minimum absolute atomic E-state index is 0.153. The molecular formula is C27H25ClN2O4. The highest BCUT2D eigenvalue weighted by Crippen LogP contribution is 2.52. The fourth-order valence-corrected chi connectivity index (χ4v) is 5.46. The van der Waals surface area contributed by atoms with Gasteiger partial charge in [0.15, 0.2) is 11.5 Å². The van der Waals surface area contributed by atoms with Gasteiger partial charge in [-0.05, 0) is 48.4 Å². The van der Waals surface area contributed by atoms with E-state index in [-0.39, 0.29) is 42.1 Å². The number of benzene rings is 2. The number of nitrogens with zero attached hydrogens (tertiary/aromatic N) is 2. The van der Waals surface area contributed by atoms with Gasteiger partial charge < -0.3 is 9.47 Å². The van der Waals surface area contributed by atoms with Crippen LogP contribution in [-0.2, 0) is 22.6 Å². The number of carbonyl (C=O) groups is 2. The standard InChI is InChI=1S/C27H25ClN2O4/c1-3-6-19-11-16(12-22(33-2)25(19)34-15-20-7-4-5-8-21(20)28)14-29-30-26(31)23-17-9-10-18(13-17)24(23)27(30)32/h3-5,7-12,14,17-18,23-24H,1,6,13,15H2,2H3. The summed E-state index contributed by atoms with van der Waals surface area (Å²) in [6.45, 7) is 4.12. The maximum atomic E-state index is 12.9. The minimum atomic E-state index is -0.272. The van der Waals surface area contributed by atoms with E-state index in [0.717, 1.165) is 22.6 Å². The van der Waals surface area contributed by atoms with Crippen molar-refractivity contribution in [3.8, 4) is 11.5 Å². The van der Waals surface area contributed by atoms with Gasteiger partial charge in [-0.3, -0.25) is 9.59 Å². The molecule has 4 atom stereocenters. The van der Waals surface area contributed by atoms with E-state index in [0.29, 0.717) is 28.5 Å². The molecule has 174 valence electrons. The molecule has 5 rings (SSSR count). The molecule has 1 aliphatic heterocycles. The lowest BCUT2D eigenvalue weighted by molar-refractivity contribution is -0.140. The second kappa shape index (κ2) is 9.11. The van der Waals surface area contributed by atoms with Crippen LogP contribution in [0.1, 0.15) is 23.1 Å². The summed E-state index contributed by atoms with van der Waals surface area (Å²) in [5.74, 6) is 0.455. The van der Waals surface area contributed by atoms with Crippen LogP contribution in [0.15, 0.2) is 66.3 Å². The van der Waals surface area contributed by atoms with Gasteiger partial charge in [-0.1, -0.05) is 48.0 Å². The largest absolute Gasteiger partial charge is 0.493 e. The van der Waals surface area contributed by atoms with Crippen LogP contribution in [0.25, 0.3) is 0 Å². The molecule has 2 bridgehead atoms. The number of carbonyl (C=O) groups excluding carboxylic acids is 2. The monoisotopic (exact) mass is 476 g/mol. The molecule has 0 radical (unpaired) electrons. The normalized spacial score (nSPS) is 24.8. The van der Waals surface area contributed by atoms with Crippen molar-refractivity contribution in [2.24, 2.45) is 28.8 Å². The van der Waals surface area contributed by atoms with Crippen LogP contribution in [-0.4, -0.2) is 30.1 Å². The van der Waals surface area contributed by atoms with Gasteiger partial charge in [-0.25, -0.2) is 0 Å². The number of allylic oxidation sites excluding steroid dienone is 3. The van der Waals surface area contributed by atoms with Gasteiger partial charge in [0.25, 0.3) is 11.8 Å². The summed E-state index contributed by atoms with van der Waals surface area (Å²) in [5, 5.41) is 5.96. The van der Waals surface area contributed by atoms with Gasteiger partial charge in [0.2, 0.25) is 0 Å². The van der Waals surface area contributed by atoms with E-state index in [2.05, 4.69) is 23.8 Å². The van der Waals surface area contributed by atoms with Gasteiger partial charge >= 0.3 is 0 Å². The first-order chi connectivity index (χ1) is 16.5. The topological polar surface area (TPSA) is 68.2 Å². The summed E-state index contributed by atoms with van der Waals surface area (Å²) in [5.41, 5.74) is 2.40. The molecule has 0 N–H and O–H groups in total. The van der Waals surface area contributed by atoms with Crippen LogP contribution in [0.2, 0.25) is 5.02 Å². The third kappa shape index (κ3) is 3.82. The molecule has 2 fully saturated rings. The quantitative estimate of drug-likeness (QED) is 0.312. The Morgan fingerprint density at radius 1 is 1.12 bits per heavy atom. The molecule has 2 aromatic rings. The van der Waals surface area contributed by atoms with E-state index in [1.807, 2.05) is 30.3 Å². The third-order valence-electron chi connectivity index (χ3n) is 6.84. The smallest absolute Gasteiger partial charge is 0.254 e. The van der Waals surface area contributed by atoms with Crippen LogP contribution in [0.5, 0.6) is 11.5 Å². The number of rotatable bonds is 8. The zero-order chi connectivity index (χ0) is 23.8. The molecule has 0 aromatic heterocycles. The van der Waals surface area contributed by atoms with Crippen molar-refractivity contribution >= 4 is 29.6 Å². The van der Waals surface area contributed by atoms with Gasteiger partial charge in [0.05, 0.1) is 25.2 Å². The highest BCUT2D eigenvalue weighted by molar-refractivity contribution is 6.31. The first-order valence-electron chi connectivity index (χ1n) is 11.3. The average molecular weight is 477 g/mol. The van der Waals surface area contributed by atoms with E-state index in [9.17, 15) is 9.59 Å². The lowest BCUT2D eigenvalue weighted by Gasteiger charge is -2.16. The highest BCUT2D eigenvalue weighted by atomic mass is 35.5. The molecule has 2 amide bonds. The zero-order valence-electron chi connectivity index (χ0n) is 18.8. The predicted molar refractivity (Wildman–Crippen MR) is 130 cm³/mol. The molecule has 1 saturated carbocycles. The minimum Gasteiger partial charge on any atom is -0.493 e. The number of methoxy groups -OCH3 is 1. The fraction of sp³-hybridized carbons (Fsp3) is 0.296. The summed E-state index contributed by atoms with van der Waals surface area (Å²) in [6, 6.07) is 11.2. The van der Waals surface area contributed by atoms with E-state index in [1.54, 1.807) is 19.3 Å². The van der Waals surface area contributed by atoms with Crippen molar-refractivity contribution in [1.29, 1.82) is 0 Å². The van der Waals surface area contributed by atoms with Crippen molar-refractivity contribution in [2.45, 2.75) is 19.4 Å². The van der Waals surface area contributed by atoms with Gasteiger partial charge in [0.1, 0.15) is 6.61 Å². The third-order valence-corrected chi connectivity index (χ3v) is 7.21. The van der Waals surface area contributed by atoms with Crippen molar-refractivity contribution in [3.05, 3.63) is 82.9 Å². The summed E-state index contributed by atoms with van der Waals surface area (Å²) < 4.78 is 11.7. The molecule has 1 heterocycles. The van der Waals surface area contributed by atoms with Crippen molar-refractivity contribution in [1.82, 2.24) is 5.01 Å². The number of hydrogen-bond acceptors (Lipinski definition) is 5. The second-order valence-corrected chi connectivity index (χ2v) is 9.22. The molecule has 34 heavy (non-hydrogen) atoms. The Balaban J connectivity index is 1.39. The summed E-state index contributed by atoms with van der Waals surface area (Å²) >= 11 is 6.27. The Morgan fingerprint density at radius 2 is 1.82 bits per heavy atom.